The lowest BCUT2D eigenvalue weighted by Gasteiger charge is -2.32. The van der Waals surface area contributed by atoms with Crippen LogP contribution < -0.4 is 10.3 Å². The second-order valence-electron chi connectivity index (χ2n) is 6.53. The van der Waals surface area contributed by atoms with Gasteiger partial charge in [0, 0.05) is 37.9 Å². The number of likely N-dealkylation sites (tertiary alicyclic amines) is 1. The van der Waals surface area contributed by atoms with E-state index in [2.05, 4.69) is 10.2 Å². The van der Waals surface area contributed by atoms with E-state index in [1.807, 2.05) is 4.90 Å². The minimum absolute atomic E-state index is 0.0875. The van der Waals surface area contributed by atoms with E-state index in [-0.39, 0.29) is 23.2 Å². The van der Waals surface area contributed by atoms with Crippen LogP contribution in [0.2, 0.25) is 0 Å². The van der Waals surface area contributed by atoms with Gasteiger partial charge in [-0.15, -0.1) is 0 Å². The molecular formula is C19H22FN3O3. The van der Waals surface area contributed by atoms with Crippen LogP contribution in [0.5, 0.6) is 5.75 Å². The molecule has 26 heavy (non-hydrogen) atoms. The molecule has 1 N–H and O–H groups in total. The molecule has 1 fully saturated rings. The predicted octanol–water partition coefficient (Wildman–Crippen LogP) is 2.16. The summed E-state index contributed by atoms with van der Waals surface area (Å²) in [5.41, 5.74) is 0.450. The number of nitrogens with one attached hydrogen (secondary N) is 1. The largest absolute Gasteiger partial charge is 0.493 e. The molecule has 1 aliphatic heterocycles. The quantitative estimate of drug-likeness (QED) is 0.858. The highest BCUT2D eigenvalue weighted by Gasteiger charge is 2.24. The van der Waals surface area contributed by atoms with Gasteiger partial charge < -0.3 is 9.64 Å². The molecule has 0 spiro atoms. The highest BCUT2D eigenvalue weighted by molar-refractivity contribution is 5.76. The first-order valence-corrected chi connectivity index (χ1v) is 8.81. The fraction of sp³-hybridized carbons (Fsp3) is 0.421. The summed E-state index contributed by atoms with van der Waals surface area (Å²) in [6.07, 6.45) is 2.82. The molecule has 2 heterocycles. The number of aromatic amines is 1. The van der Waals surface area contributed by atoms with Crippen LogP contribution in [-0.2, 0) is 11.2 Å². The van der Waals surface area contributed by atoms with Gasteiger partial charge in [-0.05, 0) is 43.2 Å². The molecule has 138 valence electrons. The van der Waals surface area contributed by atoms with Crippen molar-refractivity contribution >= 4 is 5.91 Å². The molecule has 7 heteroatoms. The van der Waals surface area contributed by atoms with Crippen molar-refractivity contribution in [1.82, 2.24) is 15.1 Å². The molecule has 1 saturated heterocycles. The first-order valence-electron chi connectivity index (χ1n) is 8.81. The van der Waals surface area contributed by atoms with Crippen molar-refractivity contribution in [2.45, 2.75) is 25.7 Å². The topological polar surface area (TPSA) is 75.3 Å². The maximum Gasteiger partial charge on any atom is 0.264 e. The van der Waals surface area contributed by atoms with Crippen LogP contribution in [0.25, 0.3) is 0 Å². The van der Waals surface area contributed by atoms with Crippen LogP contribution in [-0.4, -0.2) is 40.7 Å². The van der Waals surface area contributed by atoms with E-state index in [0.29, 0.717) is 37.4 Å². The molecular weight excluding hydrogens is 337 g/mol. The lowest BCUT2D eigenvalue weighted by atomic mass is 9.98. The number of H-pyrrole nitrogens is 1. The lowest BCUT2D eigenvalue weighted by Crippen LogP contribution is -2.41. The second kappa shape index (κ2) is 8.60. The number of aromatic nitrogens is 2. The normalized spacial score (nSPS) is 17.1. The van der Waals surface area contributed by atoms with E-state index in [9.17, 15) is 14.0 Å². The molecule has 1 atom stereocenters. The smallest absolute Gasteiger partial charge is 0.264 e. The third kappa shape index (κ3) is 5.15. The number of hydrogen-bond acceptors (Lipinski definition) is 4. The molecule has 1 aromatic carbocycles. The van der Waals surface area contributed by atoms with E-state index >= 15 is 0 Å². The van der Waals surface area contributed by atoms with Crippen molar-refractivity contribution in [3.63, 3.8) is 0 Å². The van der Waals surface area contributed by atoms with Gasteiger partial charge in [0.25, 0.3) is 5.56 Å². The van der Waals surface area contributed by atoms with Gasteiger partial charge in [0.1, 0.15) is 11.6 Å². The molecule has 1 aromatic heterocycles. The van der Waals surface area contributed by atoms with E-state index in [1.54, 1.807) is 18.2 Å². The van der Waals surface area contributed by atoms with Crippen molar-refractivity contribution in [3.05, 3.63) is 58.3 Å². The number of carbonyl (C=O) groups is 1. The Kier molecular flexibility index (Phi) is 5.99. The van der Waals surface area contributed by atoms with Gasteiger partial charge in [-0.1, -0.05) is 0 Å². The van der Waals surface area contributed by atoms with E-state index in [4.69, 9.17) is 4.74 Å². The fourth-order valence-corrected chi connectivity index (χ4v) is 3.08. The molecule has 0 unspecified atom stereocenters. The number of benzene rings is 1. The van der Waals surface area contributed by atoms with Crippen molar-refractivity contribution in [2.24, 2.45) is 5.92 Å². The Balaban J connectivity index is 1.46. The molecule has 2 aromatic rings. The van der Waals surface area contributed by atoms with Crippen LogP contribution >= 0.6 is 0 Å². The van der Waals surface area contributed by atoms with Crippen LogP contribution in [0.15, 0.2) is 41.2 Å². The highest BCUT2D eigenvalue weighted by Crippen LogP contribution is 2.20. The predicted molar refractivity (Wildman–Crippen MR) is 94.4 cm³/mol. The van der Waals surface area contributed by atoms with Crippen LogP contribution in [0.4, 0.5) is 4.39 Å². The van der Waals surface area contributed by atoms with Crippen molar-refractivity contribution in [2.75, 3.05) is 19.7 Å². The van der Waals surface area contributed by atoms with Crippen molar-refractivity contribution in [3.8, 4) is 5.75 Å². The summed E-state index contributed by atoms with van der Waals surface area (Å²) >= 11 is 0. The Labute approximate surface area is 151 Å². The van der Waals surface area contributed by atoms with E-state index < -0.39 is 0 Å². The summed E-state index contributed by atoms with van der Waals surface area (Å²) < 4.78 is 18.6. The van der Waals surface area contributed by atoms with E-state index in [0.717, 1.165) is 19.4 Å². The second-order valence-corrected chi connectivity index (χ2v) is 6.53. The zero-order valence-electron chi connectivity index (χ0n) is 14.5. The van der Waals surface area contributed by atoms with Gasteiger partial charge in [-0.25, -0.2) is 9.49 Å². The van der Waals surface area contributed by atoms with Gasteiger partial charge >= 0.3 is 0 Å². The number of carbonyl (C=O) groups excluding carboxylic acids is 1. The zero-order valence-corrected chi connectivity index (χ0v) is 14.5. The van der Waals surface area contributed by atoms with Gasteiger partial charge in [0.15, 0.2) is 0 Å². The number of amides is 1. The summed E-state index contributed by atoms with van der Waals surface area (Å²) in [5, 5.41) is 6.30. The van der Waals surface area contributed by atoms with Crippen LogP contribution in [0.3, 0.4) is 0 Å². The molecule has 1 aliphatic rings. The first kappa shape index (κ1) is 18.1. The van der Waals surface area contributed by atoms with Crippen molar-refractivity contribution in [1.29, 1.82) is 0 Å². The molecule has 1 amide bonds. The lowest BCUT2D eigenvalue weighted by molar-refractivity contribution is -0.133. The molecule has 0 aliphatic carbocycles. The average Bonchev–Trinajstić information content (AvgIpc) is 2.67. The number of hydrogen-bond donors (Lipinski definition) is 1. The summed E-state index contributed by atoms with van der Waals surface area (Å²) in [7, 11) is 0. The first-order chi connectivity index (χ1) is 12.6. The number of aryl methyl sites for hydroxylation is 1. The Morgan fingerprint density at radius 3 is 2.81 bits per heavy atom. The molecule has 3 rings (SSSR count). The number of rotatable bonds is 6. The third-order valence-electron chi connectivity index (χ3n) is 4.50. The van der Waals surface area contributed by atoms with Gasteiger partial charge in [0.2, 0.25) is 5.91 Å². The molecule has 0 radical (unpaired) electrons. The fourth-order valence-electron chi connectivity index (χ4n) is 3.08. The Morgan fingerprint density at radius 2 is 2.08 bits per heavy atom. The molecule has 0 bridgehead atoms. The van der Waals surface area contributed by atoms with Gasteiger partial charge in [0.05, 0.1) is 12.3 Å². The monoisotopic (exact) mass is 359 g/mol. The number of ether oxygens (including phenoxy) is 1. The summed E-state index contributed by atoms with van der Waals surface area (Å²) in [6, 6.07) is 9.02. The van der Waals surface area contributed by atoms with Gasteiger partial charge in [-0.3, -0.25) is 9.59 Å². The standard InChI is InChI=1S/C19H22FN3O3/c20-15-3-7-17(8-4-15)26-13-14-2-1-11-23(12-14)19(25)10-6-16-5-9-18(24)22-21-16/h3-5,7-9,14H,1-2,6,10-13H2,(H,22,24)/t14-/m1/s1. The Morgan fingerprint density at radius 1 is 1.27 bits per heavy atom. The maximum atomic E-state index is 12.9. The minimum Gasteiger partial charge on any atom is -0.493 e. The van der Waals surface area contributed by atoms with Crippen molar-refractivity contribution < 1.29 is 13.9 Å². The van der Waals surface area contributed by atoms with Crippen LogP contribution in [0.1, 0.15) is 25.0 Å². The average molecular weight is 359 g/mol. The molecule has 0 saturated carbocycles. The number of nitrogens with zero attached hydrogens (tertiary/aromatic N) is 2. The minimum atomic E-state index is -0.288. The maximum absolute atomic E-state index is 12.9. The zero-order chi connectivity index (χ0) is 18.4. The number of piperidine rings is 1. The number of halogens is 1. The Hall–Kier alpha value is -2.70. The summed E-state index contributed by atoms with van der Waals surface area (Å²) in [4.78, 5) is 25.3. The highest BCUT2D eigenvalue weighted by atomic mass is 19.1. The SMILES string of the molecule is O=C(CCc1ccc(=O)[nH]n1)N1CCC[C@@H](COc2ccc(F)cc2)C1. The summed E-state index contributed by atoms with van der Waals surface area (Å²) in [5.74, 6) is 0.705. The Bertz CT molecular complexity index is 771. The van der Waals surface area contributed by atoms with Crippen LogP contribution in [0, 0.1) is 11.7 Å². The molecule has 6 nitrogen and oxygen atoms in total. The summed E-state index contributed by atoms with van der Waals surface area (Å²) in [6.45, 7) is 1.93. The van der Waals surface area contributed by atoms with E-state index in [1.165, 1.54) is 18.2 Å². The van der Waals surface area contributed by atoms with Gasteiger partial charge in [-0.2, -0.15) is 5.10 Å². The third-order valence-corrected chi connectivity index (χ3v) is 4.50.